The third-order valence-electron chi connectivity index (χ3n) is 2.39. The van der Waals surface area contributed by atoms with E-state index in [1.165, 1.54) is 0 Å². The highest BCUT2D eigenvalue weighted by Crippen LogP contribution is 2.42. The van der Waals surface area contributed by atoms with Gasteiger partial charge in [-0.2, -0.15) is 4.98 Å². The number of alkyl halides is 2. The zero-order chi connectivity index (χ0) is 10.9. The number of nitrogens with zero attached hydrogens (tertiary/aromatic N) is 2. The molecule has 1 aromatic heterocycles. The molecule has 0 saturated heterocycles. The highest BCUT2D eigenvalue weighted by molar-refractivity contribution is 5.07. The van der Waals surface area contributed by atoms with Crippen LogP contribution in [-0.4, -0.2) is 22.5 Å². The fraction of sp³-hybridized carbons (Fsp3) is 0.600. The molecular weight excluding hydrogens is 202 g/mol. The van der Waals surface area contributed by atoms with Gasteiger partial charge in [-0.05, 0) is 6.92 Å². The monoisotopic (exact) mass is 214 g/mol. The minimum atomic E-state index is -2.48. The molecule has 1 heterocycles. The molecule has 0 atom stereocenters. The van der Waals surface area contributed by atoms with Crippen LogP contribution >= 0.6 is 0 Å². The van der Waals surface area contributed by atoms with Crippen molar-refractivity contribution in [2.75, 3.05) is 6.61 Å². The van der Waals surface area contributed by atoms with Crippen LogP contribution in [0.2, 0.25) is 0 Å². The van der Waals surface area contributed by atoms with Crippen LogP contribution in [0.4, 0.5) is 8.78 Å². The number of ether oxygens (including phenoxy) is 1. The first-order valence-electron chi connectivity index (χ1n) is 4.85. The zero-order valence-electron chi connectivity index (χ0n) is 8.41. The lowest BCUT2D eigenvalue weighted by atomic mass is 9.82. The Balaban J connectivity index is 1.80. The van der Waals surface area contributed by atoms with Crippen LogP contribution < -0.4 is 4.74 Å². The van der Waals surface area contributed by atoms with E-state index in [-0.39, 0.29) is 18.8 Å². The van der Waals surface area contributed by atoms with E-state index in [9.17, 15) is 8.78 Å². The summed E-state index contributed by atoms with van der Waals surface area (Å²) in [6.45, 7) is 2.07. The van der Waals surface area contributed by atoms with E-state index in [0.29, 0.717) is 18.3 Å². The summed E-state index contributed by atoms with van der Waals surface area (Å²) >= 11 is 0. The summed E-state index contributed by atoms with van der Waals surface area (Å²) in [5.74, 6) is -1.45. The minimum absolute atomic E-state index is 0.0460. The van der Waals surface area contributed by atoms with Gasteiger partial charge >= 0.3 is 0 Å². The largest absolute Gasteiger partial charge is 0.477 e. The van der Waals surface area contributed by atoms with Crippen molar-refractivity contribution in [3.63, 3.8) is 0 Å². The fourth-order valence-electron chi connectivity index (χ4n) is 1.62. The summed E-state index contributed by atoms with van der Waals surface area (Å²) in [5.41, 5.74) is 0. The van der Waals surface area contributed by atoms with Gasteiger partial charge < -0.3 is 4.74 Å². The van der Waals surface area contributed by atoms with E-state index in [2.05, 4.69) is 9.97 Å². The molecule has 2 rings (SSSR count). The molecule has 0 spiro atoms. The van der Waals surface area contributed by atoms with Gasteiger partial charge in [0.05, 0.1) is 6.61 Å². The lowest BCUT2D eigenvalue weighted by Gasteiger charge is -2.34. The molecule has 1 fully saturated rings. The summed E-state index contributed by atoms with van der Waals surface area (Å²) in [7, 11) is 0. The van der Waals surface area contributed by atoms with Crippen molar-refractivity contribution in [2.45, 2.75) is 25.7 Å². The van der Waals surface area contributed by atoms with Gasteiger partial charge in [-0.25, -0.2) is 13.8 Å². The van der Waals surface area contributed by atoms with Gasteiger partial charge in [0.1, 0.15) is 5.82 Å². The molecule has 1 aromatic rings. The van der Waals surface area contributed by atoms with Crippen molar-refractivity contribution in [2.24, 2.45) is 5.92 Å². The smallest absolute Gasteiger partial charge is 0.248 e. The SMILES string of the molecule is Cc1nccc(OCC2CC(F)(F)C2)n1. The van der Waals surface area contributed by atoms with Gasteiger partial charge in [-0.1, -0.05) is 0 Å². The molecule has 0 aliphatic heterocycles. The van der Waals surface area contributed by atoms with Gasteiger partial charge in [0, 0.05) is 31.0 Å². The number of hydrogen-bond acceptors (Lipinski definition) is 3. The Morgan fingerprint density at radius 2 is 2.27 bits per heavy atom. The summed E-state index contributed by atoms with van der Waals surface area (Å²) in [5, 5.41) is 0. The lowest BCUT2D eigenvalue weighted by Crippen LogP contribution is -2.38. The topological polar surface area (TPSA) is 35.0 Å². The molecule has 15 heavy (non-hydrogen) atoms. The second-order valence-corrected chi connectivity index (χ2v) is 3.88. The molecule has 1 saturated carbocycles. The maximum Gasteiger partial charge on any atom is 0.248 e. The second kappa shape index (κ2) is 3.72. The van der Waals surface area contributed by atoms with Crippen molar-refractivity contribution < 1.29 is 13.5 Å². The first-order chi connectivity index (χ1) is 7.05. The average molecular weight is 214 g/mol. The molecule has 0 aromatic carbocycles. The van der Waals surface area contributed by atoms with Crippen LogP contribution in [-0.2, 0) is 0 Å². The molecular formula is C10H12F2N2O. The molecule has 0 N–H and O–H groups in total. The zero-order valence-corrected chi connectivity index (χ0v) is 8.41. The van der Waals surface area contributed by atoms with Crippen LogP contribution in [0, 0.1) is 12.8 Å². The Morgan fingerprint density at radius 3 is 2.87 bits per heavy atom. The maximum atomic E-state index is 12.5. The van der Waals surface area contributed by atoms with Gasteiger partial charge in [-0.3, -0.25) is 0 Å². The van der Waals surface area contributed by atoms with Crippen molar-refractivity contribution >= 4 is 0 Å². The van der Waals surface area contributed by atoms with E-state index < -0.39 is 5.92 Å². The van der Waals surface area contributed by atoms with E-state index in [4.69, 9.17) is 4.74 Å². The summed E-state index contributed by atoms with van der Waals surface area (Å²) < 4.78 is 30.3. The predicted octanol–water partition coefficient (Wildman–Crippen LogP) is 2.21. The molecule has 1 aliphatic rings. The summed E-state index contributed by atoms with van der Waals surface area (Å²) in [4.78, 5) is 7.93. The highest BCUT2D eigenvalue weighted by Gasteiger charge is 2.45. The van der Waals surface area contributed by atoms with Crippen LogP contribution in [0.15, 0.2) is 12.3 Å². The predicted molar refractivity (Wildman–Crippen MR) is 49.9 cm³/mol. The Morgan fingerprint density at radius 1 is 1.53 bits per heavy atom. The fourth-order valence-corrected chi connectivity index (χ4v) is 1.62. The molecule has 0 amide bonds. The van der Waals surface area contributed by atoms with Crippen molar-refractivity contribution in [1.82, 2.24) is 9.97 Å². The number of halogens is 2. The van der Waals surface area contributed by atoms with E-state index in [1.54, 1.807) is 19.2 Å². The van der Waals surface area contributed by atoms with Crippen LogP contribution in [0.25, 0.3) is 0 Å². The normalized spacial score (nSPS) is 19.7. The van der Waals surface area contributed by atoms with E-state index in [0.717, 1.165) is 0 Å². The summed E-state index contributed by atoms with van der Waals surface area (Å²) in [6.07, 6.45) is 1.45. The Kier molecular flexibility index (Phi) is 2.54. The Hall–Kier alpha value is -1.26. The molecule has 0 bridgehead atoms. The molecule has 82 valence electrons. The van der Waals surface area contributed by atoms with Crippen molar-refractivity contribution in [3.05, 3.63) is 18.1 Å². The van der Waals surface area contributed by atoms with Crippen molar-refractivity contribution in [1.29, 1.82) is 0 Å². The van der Waals surface area contributed by atoms with Crippen LogP contribution in [0.3, 0.4) is 0 Å². The third kappa shape index (κ3) is 2.61. The van der Waals surface area contributed by atoms with E-state index >= 15 is 0 Å². The number of aromatic nitrogens is 2. The molecule has 0 unspecified atom stereocenters. The molecule has 1 aliphatic carbocycles. The first kappa shape index (κ1) is 10.3. The quantitative estimate of drug-likeness (QED) is 0.773. The second-order valence-electron chi connectivity index (χ2n) is 3.88. The molecule has 3 nitrogen and oxygen atoms in total. The standard InChI is InChI=1S/C10H12F2N2O/c1-7-13-3-2-9(14-7)15-6-8-4-10(11,12)5-8/h2-3,8H,4-6H2,1H3. The average Bonchev–Trinajstić information content (AvgIpc) is 2.11. The van der Waals surface area contributed by atoms with Gasteiger partial charge in [0.2, 0.25) is 11.8 Å². The van der Waals surface area contributed by atoms with Gasteiger partial charge in [0.25, 0.3) is 0 Å². The number of aryl methyl sites for hydroxylation is 1. The summed E-state index contributed by atoms with van der Waals surface area (Å²) in [6, 6.07) is 1.63. The first-order valence-corrected chi connectivity index (χ1v) is 4.85. The van der Waals surface area contributed by atoms with Gasteiger partial charge in [0.15, 0.2) is 0 Å². The number of hydrogen-bond donors (Lipinski definition) is 0. The third-order valence-corrected chi connectivity index (χ3v) is 2.39. The Labute approximate surface area is 86.5 Å². The molecule has 0 radical (unpaired) electrons. The van der Waals surface area contributed by atoms with E-state index in [1.807, 2.05) is 0 Å². The van der Waals surface area contributed by atoms with Crippen LogP contribution in [0.5, 0.6) is 5.88 Å². The minimum Gasteiger partial charge on any atom is -0.477 e. The van der Waals surface area contributed by atoms with Crippen LogP contribution in [0.1, 0.15) is 18.7 Å². The van der Waals surface area contributed by atoms with Crippen molar-refractivity contribution in [3.8, 4) is 5.88 Å². The Bertz CT molecular complexity index is 349. The highest BCUT2D eigenvalue weighted by atomic mass is 19.3. The maximum absolute atomic E-state index is 12.5. The molecule has 5 heteroatoms. The lowest BCUT2D eigenvalue weighted by molar-refractivity contribution is -0.119. The van der Waals surface area contributed by atoms with Gasteiger partial charge in [-0.15, -0.1) is 0 Å². The number of rotatable bonds is 3.